The Morgan fingerprint density at radius 3 is 2.47 bits per heavy atom. The lowest BCUT2D eigenvalue weighted by atomic mass is 10.5. The predicted octanol–water partition coefficient (Wildman–Crippen LogP) is 2.18. The summed E-state index contributed by atoms with van der Waals surface area (Å²) in [5.74, 6) is -1.25. The third-order valence-electron chi connectivity index (χ3n) is 1.37. The minimum Gasteiger partial charge on any atom is -0.514 e. The molecule has 7 heteroatoms. The maximum absolute atomic E-state index is 11.4. The van der Waals surface area contributed by atoms with Crippen LogP contribution in [0.25, 0.3) is 0 Å². The van der Waals surface area contributed by atoms with E-state index in [1.807, 2.05) is 19.6 Å². The van der Waals surface area contributed by atoms with E-state index in [0.29, 0.717) is 0 Å². The summed E-state index contributed by atoms with van der Waals surface area (Å²) < 4.78 is 9.80. The molecule has 0 unspecified atom stereocenters. The topological polar surface area (TPSA) is 82.6 Å². The minimum atomic E-state index is -2.00. The molecule has 6 nitrogen and oxygen atoms in total. The summed E-state index contributed by atoms with van der Waals surface area (Å²) in [5.41, 5.74) is 0. The third-order valence-corrected chi connectivity index (χ3v) is 2.17. The van der Waals surface area contributed by atoms with Crippen LogP contribution in [0.1, 0.15) is 10.6 Å². The van der Waals surface area contributed by atoms with Crippen molar-refractivity contribution >= 4 is 20.2 Å². The molecule has 0 bridgehead atoms. The minimum absolute atomic E-state index is 0.135. The zero-order valence-electron chi connectivity index (χ0n) is 8.64. The second-order valence-electron chi connectivity index (χ2n) is 3.90. The summed E-state index contributed by atoms with van der Waals surface area (Å²) in [7, 11) is -2.00. The van der Waals surface area contributed by atoms with Gasteiger partial charge in [-0.2, -0.15) is 0 Å². The van der Waals surface area contributed by atoms with Crippen LogP contribution in [0.4, 0.5) is 5.88 Å². The number of hydrogen-bond donors (Lipinski definition) is 0. The molecule has 1 rings (SSSR count). The molecule has 0 aliphatic heterocycles. The molecule has 0 aromatic carbocycles. The first-order valence-electron chi connectivity index (χ1n) is 4.27. The molecule has 1 aromatic rings. The molecule has 82 valence electrons. The van der Waals surface area contributed by atoms with E-state index in [1.165, 1.54) is 6.07 Å². The molecule has 0 fully saturated rings. The van der Waals surface area contributed by atoms with Crippen LogP contribution in [0.3, 0.4) is 0 Å². The molecule has 0 spiro atoms. The van der Waals surface area contributed by atoms with Gasteiger partial charge in [-0.1, -0.05) is 0 Å². The highest BCUT2D eigenvalue weighted by atomic mass is 28.4. The van der Waals surface area contributed by atoms with Gasteiger partial charge in [-0.15, -0.1) is 0 Å². The van der Waals surface area contributed by atoms with E-state index in [9.17, 15) is 14.9 Å². The van der Waals surface area contributed by atoms with Gasteiger partial charge in [-0.3, -0.25) is 10.1 Å². The zero-order chi connectivity index (χ0) is 11.6. The average molecular weight is 229 g/mol. The van der Waals surface area contributed by atoms with Gasteiger partial charge < -0.3 is 8.84 Å². The Morgan fingerprint density at radius 1 is 1.47 bits per heavy atom. The van der Waals surface area contributed by atoms with Crippen molar-refractivity contribution in [2.45, 2.75) is 19.6 Å². The molecular formula is C8H11NO5Si. The van der Waals surface area contributed by atoms with Crippen LogP contribution in [0.5, 0.6) is 0 Å². The van der Waals surface area contributed by atoms with E-state index in [0.717, 1.165) is 6.07 Å². The van der Waals surface area contributed by atoms with Crippen molar-refractivity contribution in [1.82, 2.24) is 0 Å². The quantitative estimate of drug-likeness (QED) is 0.450. The van der Waals surface area contributed by atoms with Crippen molar-refractivity contribution in [2.24, 2.45) is 0 Å². The fourth-order valence-electron chi connectivity index (χ4n) is 0.864. The lowest BCUT2D eigenvalue weighted by molar-refractivity contribution is -0.402. The zero-order valence-corrected chi connectivity index (χ0v) is 9.64. The van der Waals surface area contributed by atoms with Gasteiger partial charge in [-0.05, 0) is 25.7 Å². The van der Waals surface area contributed by atoms with Crippen LogP contribution in [0.15, 0.2) is 16.5 Å². The summed E-state index contributed by atoms with van der Waals surface area (Å²) in [6.45, 7) is 5.51. The first-order valence-corrected chi connectivity index (χ1v) is 7.68. The third kappa shape index (κ3) is 3.20. The molecule has 0 radical (unpaired) electrons. The normalized spacial score (nSPS) is 11.1. The highest BCUT2D eigenvalue weighted by Gasteiger charge is 2.24. The van der Waals surface area contributed by atoms with Gasteiger partial charge in [0.05, 0.1) is 6.07 Å². The van der Waals surface area contributed by atoms with Crippen molar-refractivity contribution in [3.8, 4) is 0 Å². The number of rotatable bonds is 3. The van der Waals surface area contributed by atoms with Crippen LogP contribution in [0.2, 0.25) is 19.6 Å². The van der Waals surface area contributed by atoms with Gasteiger partial charge in [0.25, 0.3) is 0 Å². The predicted molar refractivity (Wildman–Crippen MR) is 54.1 cm³/mol. The van der Waals surface area contributed by atoms with E-state index >= 15 is 0 Å². The number of hydrogen-bond acceptors (Lipinski definition) is 5. The lowest BCUT2D eigenvalue weighted by Gasteiger charge is -2.15. The van der Waals surface area contributed by atoms with Crippen LogP contribution in [-0.4, -0.2) is 19.2 Å². The Bertz CT molecular complexity index is 392. The van der Waals surface area contributed by atoms with Crippen molar-refractivity contribution in [3.63, 3.8) is 0 Å². The van der Waals surface area contributed by atoms with Crippen molar-refractivity contribution in [3.05, 3.63) is 28.0 Å². The highest BCUT2D eigenvalue weighted by molar-refractivity contribution is 6.71. The molecule has 0 saturated heterocycles. The van der Waals surface area contributed by atoms with E-state index in [2.05, 4.69) is 0 Å². The second kappa shape index (κ2) is 3.85. The summed E-state index contributed by atoms with van der Waals surface area (Å²) in [5, 5.41) is 10.3. The first-order chi connectivity index (χ1) is 6.79. The maximum atomic E-state index is 11.4. The molecule has 0 atom stereocenters. The van der Waals surface area contributed by atoms with Crippen molar-refractivity contribution < 1.29 is 18.6 Å². The van der Waals surface area contributed by atoms with Crippen molar-refractivity contribution in [1.29, 1.82) is 0 Å². The summed E-state index contributed by atoms with van der Waals surface area (Å²) in [6, 6.07) is 2.36. The highest BCUT2D eigenvalue weighted by Crippen LogP contribution is 2.17. The van der Waals surface area contributed by atoms with Crippen LogP contribution < -0.4 is 0 Å². The Morgan fingerprint density at radius 2 is 2.07 bits per heavy atom. The largest absolute Gasteiger partial charge is 0.514 e. The van der Waals surface area contributed by atoms with Gasteiger partial charge in [0, 0.05) is 0 Å². The summed E-state index contributed by atoms with van der Waals surface area (Å²) in [4.78, 5) is 21.0. The number of carbonyl (C=O) groups is 1. The smallest absolute Gasteiger partial charge is 0.433 e. The Labute approximate surface area is 87.1 Å². The fraction of sp³-hybridized carbons (Fsp3) is 0.375. The van der Waals surface area contributed by atoms with Gasteiger partial charge in [0.15, 0.2) is 0 Å². The first kappa shape index (κ1) is 11.4. The van der Waals surface area contributed by atoms with E-state index in [-0.39, 0.29) is 5.76 Å². The Balaban J connectivity index is 2.79. The average Bonchev–Trinajstić information content (AvgIpc) is 2.47. The van der Waals surface area contributed by atoms with Gasteiger partial charge in [-0.25, -0.2) is 4.79 Å². The van der Waals surface area contributed by atoms with E-state index in [4.69, 9.17) is 8.84 Å². The molecule has 0 amide bonds. The summed E-state index contributed by atoms with van der Waals surface area (Å²) in [6.07, 6.45) is 0. The number of nitrogens with zero attached hydrogens (tertiary/aromatic N) is 1. The number of nitro groups is 1. The molecule has 15 heavy (non-hydrogen) atoms. The Hall–Kier alpha value is -1.63. The number of furan rings is 1. The molecule has 0 aliphatic carbocycles. The molecular weight excluding hydrogens is 218 g/mol. The second-order valence-corrected chi connectivity index (χ2v) is 8.33. The monoisotopic (exact) mass is 229 g/mol. The van der Waals surface area contributed by atoms with Gasteiger partial charge in [0.1, 0.15) is 4.92 Å². The molecule has 0 saturated carbocycles. The fourth-order valence-corrected chi connectivity index (χ4v) is 1.52. The lowest BCUT2D eigenvalue weighted by Crippen LogP contribution is -2.28. The number of carbonyl (C=O) groups excluding carboxylic acids is 1. The molecule has 0 N–H and O–H groups in total. The van der Waals surface area contributed by atoms with Crippen LogP contribution >= 0.6 is 0 Å². The molecule has 1 aromatic heterocycles. The van der Waals surface area contributed by atoms with E-state index < -0.39 is 25.1 Å². The van der Waals surface area contributed by atoms with Gasteiger partial charge >= 0.3 is 11.9 Å². The van der Waals surface area contributed by atoms with Crippen LogP contribution in [0, 0.1) is 10.1 Å². The van der Waals surface area contributed by atoms with Crippen LogP contribution in [-0.2, 0) is 4.43 Å². The van der Waals surface area contributed by atoms with E-state index in [1.54, 1.807) is 0 Å². The Kier molecular flexibility index (Phi) is 2.94. The molecule has 1 heterocycles. The maximum Gasteiger partial charge on any atom is 0.433 e. The SMILES string of the molecule is C[Si](C)(C)OC(=O)c1ccc([N+](=O)[O-])o1. The van der Waals surface area contributed by atoms with Gasteiger partial charge in [0.2, 0.25) is 14.1 Å². The summed E-state index contributed by atoms with van der Waals surface area (Å²) >= 11 is 0. The standard InChI is InChI=1S/C8H11NO5Si/c1-15(2,3)14-8(10)6-4-5-7(13-6)9(11)12/h4-5H,1-3H3. The van der Waals surface area contributed by atoms with Crippen molar-refractivity contribution in [2.75, 3.05) is 0 Å². The molecule has 0 aliphatic rings.